The maximum Gasteiger partial charge on any atom is 0.421 e. The van der Waals surface area contributed by atoms with Gasteiger partial charge in [-0.2, -0.15) is 23.3 Å². The lowest BCUT2D eigenvalue weighted by atomic mass is 10.2. The third-order valence-electron chi connectivity index (χ3n) is 3.03. The van der Waals surface area contributed by atoms with E-state index in [9.17, 15) is 13.2 Å². The highest BCUT2D eigenvalue weighted by molar-refractivity contribution is 5.82. The minimum atomic E-state index is -4.51. The minimum Gasteiger partial charge on any atom is -0.372 e. The minimum absolute atomic E-state index is 0.0696. The fourth-order valence-electron chi connectivity index (χ4n) is 1.99. The average molecular weight is 308 g/mol. The number of H-pyrrole nitrogens is 1. The Balaban J connectivity index is 1.91. The maximum atomic E-state index is 12.8. The third kappa shape index (κ3) is 2.65. The molecule has 3 rings (SSSR count). The summed E-state index contributed by atoms with van der Waals surface area (Å²) in [5.74, 6) is -0.213. The van der Waals surface area contributed by atoms with Crippen molar-refractivity contribution in [2.24, 2.45) is 0 Å². The van der Waals surface area contributed by atoms with E-state index in [1.54, 1.807) is 24.4 Å². The number of hydrogen-bond acceptors (Lipinski definition) is 5. The smallest absolute Gasteiger partial charge is 0.372 e. The normalized spacial score (nSPS) is 11.6. The average Bonchev–Trinajstić information content (AvgIpc) is 2.93. The van der Waals surface area contributed by atoms with Crippen LogP contribution < -0.4 is 10.6 Å². The number of nitrogens with one attached hydrogen (secondary N) is 3. The van der Waals surface area contributed by atoms with Gasteiger partial charge in [-0.3, -0.25) is 5.10 Å². The lowest BCUT2D eigenvalue weighted by molar-refractivity contribution is -0.137. The summed E-state index contributed by atoms with van der Waals surface area (Å²) >= 11 is 0. The summed E-state index contributed by atoms with van der Waals surface area (Å²) in [6, 6.07) is 5.34. The fourth-order valence-corrected chi connectivity index (χ4v) is 1.99. The molecule has 0 atom stereocenters. The van der Waals surface area contributed by atoms with Crippen molar-refractivity contribution in [2.45, 2.75) is 6.18 Å². The van der Waals surface area contributed by atoms with Gasteiger partial charge in [0.15, 0.2) is 0 Å². The second kappa shape index (κ2) is 5.17. The highest BCUT2D eigenvalue weighted by Gasteiger charge is 2.35. The van der Waals surface area contributed by atoms with Crippen LogP contribution in [0.3, 0.4) is 0 Å². The zero-order chi connectivity index (χ0) is 15.7. The molecule has 6 nitrogen and oxygen atoms in total. The van der Waals surface area contributed by atoms with Gasteiger partial charge in [-0.25, -0.2) is 4.98 Å². The first-order valence-corrected chi connectivity index (χ1v) is 6.29. The van der Waals surface area contributed by atoms with Gasteiger partial charge in [-0.05, 0) is 18.2 Å². The van der Waals surface area contributed by atoms with Gasteiger partial charge in [0.05, 0.1) is 11.7 Å². The molecule has 0 fully saturated rings. The molecule has 2 aromatic heterocycles. The predicted molar refractivity (Wildman–Crippen MR) is 76.0 cm³/mol. The van der Waals surface area contributed by atoms with Crippen molar-refractivity contribution in [3.05, 3.63) is 36.2 Å². The van der Waals surface area contributed by atoms with Crippen LogP contribution >= 0.6 is 0 Å². The van der Waals surface area contributed by atoms with Crippen molar-refractivity contribution in [1.29, 1.82) is 0 Å². The van der Waals surface area contributed by atoms with Crippen LogP contribution in [0.2, 0.25) is 0 Å². The third-order valence-corrected chi connectivity index (χ3v) is 3.03. The Hall–Kier alpha value is -2.84. The Morgan fingerprint density at radius 2 is 2.00 bits per heavy atom. The molecule has 0 amide bonds. The van der Waals surface area contributed by atoms with Gasteiger partial charge in [0, 0.05) is 24.3 Å². The summed E-state index contributed by atoms with van der Waals surface area (Å²) in [6.07, 6.45) is -2.11. The monoisotopic (exact) mass is 308 g/mol. The number of aromatic amines is 1. The van der Waals surface area contributed by atoms with Crippen LogP contribution in [0.4, 0.5) is 30.6 Å². The molecule has 0 saturated carbocycles. The van der Waals surface area contributed by atoms with Crippen molar-refractivity contribution < 1.29 is 13.2 Å². The van der Waals surface area contributed by atoms with Crippen LogP contribution in [0.25, 0.3) is 10.9 Å². The summed E-state index contributed by atoms with van der Waals surface area (Å²) in [4.78, 5) is 7.55. The first-order chi connectivity index (χ1) is 10.5. The Kier molecular flexibility index (Phi) is 3.32. The second-order valence-electron chi connectivity index (χ2n) is 4.50. The second-order valence-corrected chi connectivity index (χ2v) is 4.50. The summed E-state index contributed by atoms with van der Waals surface area (Å²) in [6.45, 7) is 0. The molecular formula is C13H11F3N6. The van der Waals surface area contributed by atoms with E-state index in [1.165, 1.54) is 7.05 Å². The van der Waals surface area contributed by atoms with E-state index in [0.29, 0.717) is 5.69 Å². The molecular weight excluding hydrogens is 297 g/mol. The number of anilines is 3. The number of alkyl halides is 3. The van der Waals surface area contributed by atoms with E-state index in [0.717, 1.165) is 17.1 Å². The van der Waals surface area contributed by atoms with Crippen molar-refractivity contribution in [3.8, 4) is 0 Å². The molecule has 0 aliphatic rings. The SMILES string of the molecule is CNc1nc(Nc2ccc3[nH]ncc3c2)ncc1C(F)(F)F. The van der Waals surface area contributed by atoms with Crippen LogP contribution in [0.15, 0.2) is 30.6 Å². The van der Waals surface area contributed by atoms with Crippen molar-refractivity contribution in [1.82, 2.24) is 20.2 Å². The largest absolute Gasteiger partial charge is 0.421 e. The van der Waals surface area contributed by atoms with E-state index < -0.39 is 11.7 Å². The van der Waals surface area contributed by atoms with Crippen LogP contribution in [0.5, 0.6) is 0 Å². The molecule has 114 valence electrons. The van der Waals surface area contributed by atoms with E-state index >= 15 is 0 Å². The molecule has 0 spiro atoms. The molecule has 3 aromatic rings. The Morgan fingerprint density at radius 1 is 1.18 bits per heavy atom. The number of nitrogens with zero attached hydrogens (tertiary/aromatic N) is 3. The molecule has 1 aromatic carbocycles. The standard InChI is InChI=1S/C13H11F3N6/c1-17-11-9(13(14,15)16)6-18-12(21-11)20-8-2-3-10-7(4-8)5-19-22-10/h2-6H,1H3,(H,19,22)(H2,17,18,20,21). The molecule has 22 heavy (non-hydrogen) atoms. The maximum absolute atomic E-state index is 12.8. The number of aromatic nitrogens is 4. The number of rotatable bonds is 3. The number of halogens is 3. The molecule has 2 heterocycles. The molecule has 0 radical (unpaired) electrons. The molecule has 0 unspecified atom stereocenters. The predicted octanol–water partition coefficient (Wildman–Crippen LogP) is 3.16. The quantitative estimate of drug-likeness (QED) is 0.693. The lowest BCUT2D eigenvalue weighted by Crippen LogP contribution is -2.12. The summed E-state index contributed by atoms with van der Waals surface area (Å²) in [5.41, 5.74) is 0.594. The van der Waals surface area contributed by atoms with E-state index in [1.807, 2.05) is 0 Å². The molecule has 3 N–H and O–H groups in total. The van der Waals surface area contributed by atoms with Crippen LogP contribution in [0, 0.1) is 0 Å². The van der Waals surface area contributed by atoms with Crippen molar-refractivity contribution in [3.63, 3.8) is 0 Å². The highest BCUT2D eigenvalue weighted by Crippen LogP contribution is 2.33. The Labute approximate surface area is 122 Å². The summed E-state index contributed by atoms with van der Waals surface area (Å²) in [7, 11) is 1.37. The van der Waals surface area contributed by atoms with Gasteiger partial charge in [0.25, 0.3) is 0 Å². The van der Waals surface area contributed by atoms with Gasteiger partial charge >= 0.3 is 6.18 Å². The molecule has 0 saturated heterocycles. The number of hydrogen-bond donors (Lipinski definition) is 3. The molecule has 0 aliphatic carbocycles. The van der Waals surface area contributed by atoms with Crippen molar-refractivity contribution in [2.75, 3.05) is 17.7 Å². The summed E-state index contributed by atoms with van der Waals surface area (Å²) < 4.78 is 38.3. The van der Waals surface area contributed by atoms with Crippen LogP contribution in [-0.2, 0) is 6.18 Å². The van der Waals surface area contributed by atoms with E-state index in [2.05, 4.69) is 30.8 Å². The van der Waals surface area contributed by atoms with Crippen LogP contribution in [-0.4, -0.2) is 27.2 Å². The van der Waals surface area contributed by atoms with Crippen LogP contribution in [0.1, 0.15) is 5.56 Å². The first-order valence-electron chi connectivity index (χ1n) is 6.29. The Morgan fingerprint density at radius 3 is 2.73 bits per heavy atom. The zero-order valence-electron chi connectivity index (χ0n) is 11.4. The van der Waals surface area contributed by atoms with Gasteiger partial charge in [-0.15, -0.1) is 0 Å². The van der Waals surface area contributed by atoms with Gasteiger partial charge in [0.2, 0.25) is 5.95 Å². The molecule has 9 heteroatoms. The Bertz CT molecular complexity index is 811. The van der Waals surface area contributed by atoms with E-state index in [-0.39, 0.29) is 11.8 Å². The zero-order valence-corrected chi connectivity index (χ0v) is 11.4. The lowest BCUT2D eigenvalue weighted by Gasteiger charge is -2.12. The molecule has 0 bridgehead atoms. The van der Waals surface area contributed by atoms with Gasteiger partial charge in [-0.1, -0.05) is 0 Å². The van der Waals surface area contributed by atoms with Gasteiger partial charge < -0.3 is 10.6 Å². The fraction of sp³-hybridized carbons (Fsp3) is 0.154. The topological polar surface area (TPSA) is 78.5 Å². The number of benzene rings is 1. The van der Waals surface area contributed by atoms with E-state index in [4.69, 9.17) is 0 Å². The summed E-state index contributed by atoms with van der Waals surface area (Å²) in [5, 5.41) is 12.9. The van der Waals surface area contributed by atoms with Gasteiger partial charge in [0.1, 0.15) is 11.4 Å². The van der Waals surface area contributed by atoms with Crippen molar-refractivity contribution >= 4 is 28.4 Å². The number of fused-ring (bicyclic) bond motifs is 1. The highest BCUT2D eigenvalue weighted by atomic mass is 19.4. The molecule has 0 aliphatic heterocycles. The first kappa shape index (κ1) is 14.1.